The summed E-state index contributed by atoms with van der Waals surface area (Å²) in [6.45, 7) is 8.47. The molecule has 5 nitrogen and oxygen atoms in total. The molecule has 102 valence electrons. The highest BCUT2D eigenvalue weighted by molar-refractivity contribution is 5.76. The molecule has 0 aromatic rings. The summed E-state index contributed by atoms with van der Waals surface area (Å²) < 4.78 is 0. The molecule has 0 rings (SSSR count). The SMILES string of the molecule is CC(CO)(CO)CNCCC(=O)NC(C)(C)C. The van der Waals surface area contributed by atoms with Crippen molar-refractivity contribution in [1.82, 2.24) is 10.6 Å². The van der Waals surface area contributed by atoms with Crippen molar-refractivity contribution in [2.24, 2.45) is 5.41 Å². The Bertz CT molecular complexity index is 232. The summed E-state index contributed by atoms with van der Waals surface area (Å²) in [5.74, 6) is -0.000278. The minimum atomic E-state index is -0.527. The van der Waals surface area contributed by atoms with Gasteiger partial charge in [-0.3, -0.25) is 4.79 Å². The van der Waals surface area contributed by atoms with E-state index in [-0.39, 0.29) is 24.7 Å². The Balaban J connectivity index is 3.75. The van der Waals surface area contributed by atoms with Crippen molar-refractivity contribution in [3.63, 3.8) is 0 Å². The highest BCUT2D eigenvalue weighted by atomic mass is 16.3. The minimum absolute atomic E-state index is 0.000278. The van der Waals surface area contributed by atoms with E-state index in [1.54, 1.807) is 6.92 Å². The number of rotatable bonds is 7. The number of aliphatic hydroxyl groups excluding tert-OH is 2. The van der Waals surface area contributed by atoms with Crippen molar-refractivity contribution in [3.8, 4) is 0 Å². The van der Waals surface area contributed by atoms with Crippen LogP contribution in [0.4, 0.5) is 0 Å². The quantitative estimate of drug-likeness (QED) is 0.472. The maximum Gasteiger partial charge on any atom is 0.221 e. The van der Waals surface area contributed by atoms with E-state index in [0.29, 0.717) is 19.5 Å². The van der Waals surface area contributed by atoms with Crippen LogP contribution in [0.5, 0.6) is 0 Å². The average Bonchev–Trinajstić information content (AvgIpc) is 2.21. The van der Waals surface area contributed by atoms with Crippen molar-refractivity contribution in [2.75, 3.05) is 26.3 Å². The summed E-state index contributed by atoms with van der Waals surface area (Å²) in [5.41, 5.74) is -0.734. The van der Waals surface area contributed by atoms with Crippen molar-refractivity contribution in [2.45, 2.75) is 39.7 Å². The van der Waals surface area contributed by atoms with Gasteiger partial charge in [0.25, 0.3) is 0 Å². The summed E-state index contributed by atoms with van der Waals surface area (Å²) in [5, 5.41) is 24.1. The third kappa shape index (κ3) is 8.12. The Morgan fingerprint density at radius 3 is 2.06 bits per heavy atom. The van der Waals surface area contributed by atoms with Gasteiger partial charge in [0.15, 0.2) is 0 Å². The molecule has 0 heterocycles. The Morgan fingerprint density at radius 1 is 1.12 bits per heavy atom. The molecule has 0 aromatic carbocycles. The largest absolute Gasteiger partial charge is 0.396 e. The van der Waals surface area contributed by atoms with Crippen LogP contribution in [0.15, 0.2) is 0 Å². The van der Waals surface area contributed by atoms with E-state index in [1.165, 1.54) is 0 Å². The zero-order valence-electron chi connectivity index (χ0n) is 11.3. The molecule has 0 fully saturated rings. The topological polar surface area (TPSA) is 81.6 Å². The summed E-state index contributed by atoms with van der Waals surface area (Å²) in [6.07, 6.45) is 0.393. The Hall–Kier alpha value is -0.650. The first-order valence-electron chi connectivity index (χ1n) is 5.96. The van der Waals surface area contributed by atoms with Gasteiger partial charge in [0, 0.05) is 30.5 Å². The third-order valence-electron chi connectivity index (χ3n) is 2.36. The predicted molar refractivity (Wildman–Crippen MR) is 67.7 cm³/mol. The number of amides is 1. The van der Waals surface area contributed by atoms with Gasteiger partial charge < -0.3 is 20.8 Å². The van der Waals surface area contributed by atoms with Gasteiger partial charge in [0.05, 0.1) is 13.2 Å². The molecule has 0 aliphatic carbocycles. The van der Waals surface area contributed by atoms with Crippen LogP contribution in [0.2, 0.25) is 0 Å². The van der Waals surface area contributed by atoms with E-state index in [0.717, 1.165) is 0 Å². The summed E-state index contributed by atoms with van der Waals surface area (Å²) in [6, 6.07) is 0. The zero-order chi connectivity index (χ0) is 13.5. The minimum Gasteiger partial charge on any atom is -0.396 e. The molecular weight excluding hydrogens is 220 g/mol. The summed E-state index contributed by atoms with van der Waals surface area (Å²) in [4.78, 5) is 11.5. The molecule has 0 saturated heterocycles. The lowest BCUT2D eigenvalue weighted by atomic mass is 9.93. The first-order chi connectivity index (χ1) is 7.72. The molecule has 0 unspecified atom stereocenters. The van der Waals surface area contributed by atoms with Crippen LogP contribution < -0.4 is 10.6 Å². The maximum atomic E-state index is 11.5. The highest BCUT2D eigenvalue weighted by Gasteiger charge is 2.21. The van der Waals surface area contributed by atoms with E-state index in [2.05, 4.69) is 10.6 Å². The lowest BCUT2D eigenvalue weighted by molar-refractivity contribution is -0.122. The fourth-order valence-corrected chi connectivity index (χ4v) is 1.23. The van der Waals surface area contributed by atoms with Crippen molar-refractivity contribution >= 4 is 5.91 Å². The van der Waals surface area contributed by atoms with Crippen LogP contribution in [0.1, 0.15) is 34.1 Å². The standard InChI is InChI=1S/C12H26N2O3/c1-11(2,3)14-10(17)5-6-13-7-12(4,8-15)9-16/h13,15-16H,5-9H2,1-4H3,(H,14,17). The molecule has 1 amide bonds. The first-order valence-corrected chi connectivity index (χ1v) is 5.96. The monoisotopic (exact) mass is 246 g/mol. The van der Waals surface area contributed by atoms with E-state index in [9.17, 15) is 4.79 Å². The highest BCUT2D eigenvalue weighted by Crippen LogP contribution is 2.11. The van der Waals surface area contributed by atoms with E-state index >= 15 is 0 Å². The number of hydrogen-bond acceptors (Lipinski definition) is 4. The van der Waals surface area contributed by atoms with Crippen molar-refractivity contribution in [3.05, 3.63) is 0 Å². The Labute approximate surface area is 104 Å². The zero-order valence-corrected chi connectivity index (χ0v) is 11.3. The van der Waals surface area contributed by atoms with Gasteiger partial charge in [0.2, 0.25) is 5.91 Å². The Morgan fingerprint density at radius 2 is 1.65 bits per heavy atom. The second-order valence-corrected chi connectivity index (χ2v) is 5.85. The average molecular weight is 246 g/mol. The van der Waals surface area contributed by atoms with E-state index in [4.69, 9.17) is 10.2 Å². The Kier molecular flexibility index (Phi) is 6.67. The molecule has 0 aliphatic rings. The fraction of sp³-hybridized carbons (Fsp3) is 0.917. The van der Waals surface area contributed by atoms with Gasteiger partial charge in [-0.15, -0.1) is 0 Å². The van der Waals surface area contributed by atoms with Crippen LogP contribution >= 0.6 is 0 Å². The molecule has 17 heavy (non-hydrogen) atoms. The first kappa shape index (κ1) is 16.4. The third-order valence-corrected chi connectivity index (χ3v) is 2.36. The summed E-state index contributed by atoms with van der Waals surface area (Å²) >= 11 is 0. The molecule has 4 N–H and O–H groups in total. The molecule has 0 atom stereocenters. The van der Waals surface area contributed by atoms with Crippen LogP contribution in [0.3, 0.4) is 0 Å². The van der Waals surface area contributed by atoms with Gasteiger partial charge in [-0.05, 0) is 20.8 Å². The van der Waals surface area contributed by atoms with Gasteiger partial charge >= 0.3 is 0 Å². The molecule has 0 bridgehead atoms. The molecule has 0 aromatic heterocycles. The van der Waals surface area contributed by atoms with Gasteiger partial charge in [0.1, 0.15) is 0 Å². The summed E-state index contributed by atoms with van der Waals surface area (Å²) in [7, 11) is 0. The smallest absolute Gasteiger partial charge is 0.221 e. The lowest BCUT2D eigenvalue weighted by Crippen LogP contribution is -2.43. The van der Waals surface area contributed by atoms with Crippen LogP contribution in [0.25, 0.3) is 0 Å². The number of nitrogens with one attached hydrogen (secondary N) is 2. The molecule has 5 heteroatoms. The van der Waals surface area contributed by atoms with Gasteiger partial charge in [-0.1, -0.05) is 6.92 Å². The van der Waals surface area contributed by atoms with Gasteiger partial charge in [-0.2, -0.15) is 0 Å². The van der Waals surface area contributed by atoms with Crippen molar-refractivity contribution in [1.29, 1.82) is 0 Å². The normalized spacial score (nSPS) is 12.6. The van der Waals surface area contributed by atoms with Gasteiger partial charge in [-0.25, -0.2) is 0 Å². The van der Waals surface area contributed by atoms with Crippen LogP contribution in [0, 0.1) is 5.41 Å². The number of carbonyl (C=O) groups is 1. The predicted octanol–water partition coefficient (Wildman–Crippen LogP) is -0.128. The second-order valence-electron chi connectivity index (χ2n) is 5.85. The number of hydrogen-bond donors (Lipinski definition) is 4. The van der Waals surface area contributed by atoms with Crippen LogP contribution in [-0.2, 0) is 4.79 Å². The molecular formula is C12H26N2O3. The lowest BCUT2D eigenvalue weighted by Gasteiger charge is -2.25. The molecule has 0 saturated carbocycles. The molecule has 0 aliphatic heterocycles. The fourth-order valence-electron chi connectivity index (χ4n) is 1.23. The molecule has 0 radical (unpaired) electrons. The van der Waals surface area contributed by atoms with E-state index in [1.807, 2.05) is 20.8 Å². The number of carbonyl (C=O) groups excluding carboxylic acids is 1. The molecule has 0 spiro atoms. The van der Waals surface area contributed by atoms with Crippen molar-refractivity contribution < 1.29 is 15.0 Å². The van der Waals surface area contributed by atoms with Crippen LogP contribution in [-0.4, -0.2) is 48.0 Å². The second kappa shape index (κ2) is 6.93. The maximum absolute atomic E-state index is 11.5. The number of aliphatic hydroxyl groups is 2. The van der Waals surface area contributed by atoms with E-state index < -0.39 is 5.41 Å².